The Morgan fingerprint density at radius 3 is 2.44 bits per heavy atom. The molecule has 0 aromatic carbocycles. The molecule has 0 unspecified atom stereocenters. The average molecular weight is 256 g/mol. The van der Waals surface area contributed by atoms with E-state index in [1.807, 2.05) is 0 Å². The van der Waals surface area contributed by atoms with Gasteiger partial charge in [-0.3, -0.25) is 0 Å². The van der Waals surface area contributed by atoms with Gasteiger partial charge in [-0.05, 0) is 38.3 Å². The fraction of sp³-hybridized carbons (Fsp3) is 1.00. The highest BCUT2D eigenvalue weighted by molar-refractivity contribution is 7.89. The van der Waals surface area contributed by atoms with Crippen molar-refractivity contribution in [2.24, 2.45) is 5.92 Å². The zero-order valence-electron chi connectivity index (χ0n) is 9.33. The van der Waals surface area contributed by atoms with Crippen LogP contribution in [-0.2, 0) is 10.0 Å². The van der Waals surface area contributed by atoms with E-state index in [0.717, 1.165) is 30.2 Å². The SMILES string of the molecule is CN(CCC1CCNCC1)S(=O)(=O)C(F)F. The number of nitrogens with zero attached hydrogens (tertiary/aromatic N) is 1. The highest BCUT2D eigenvalue weighted by atomic mass is 32.2. The number of halogens is 2. The van der Waals surface area contributed by atoms with Crippen molar-refractivity contribution in [2.75, 3.05) is 26.7 Å². The Balaban J connectivity index is 2.37. The quantitative estimate of drug-likeness (QED) is 0.793. The number of sulfonamides is 1. The first-order valence-corrected chi connectivity index (χ1v) is 6.89. The lowest BCUT2D eigenvalue weighted by atomic mass is 9.95. The number of nitrogens with one attached hydrogen (secondary N) is 1. The van der Waals surface area contributed by atoms with Gasteiger partial charge in [-0.15, -0.1) is 0 Å². The maximum atomic E-state index is 12.2. The van der Waals surface area contributed by atoms with E-state index in [-0.39, 0.29) is 6.54 Å². The normalized spacial score (nSPS) is 19.6. The van der Waals surface area contributed by atoms with Crippen LogP contribution < -0.4 is 5.32 Å². The lowest BCUT2D eigenvalue weighted by Gasteiger charge is -2.24. The summed E-state index contributed by atoms with van der Waals surface area (Å²) in [6, 6.07) is 0. The molecule has 0 spiro atoms. The third kappa shape index (κ3) is 3.64. The van der Waals surface area contributed by atoms with Crippen molar-refractivity contribution in [3.05, 3.63) is 0 Å². The van der Waals surface area contributed by atoms with Crippen LogP contribution in [0.4, 0.5) is 8.78 Å². The van der Waals surface area contributed by atoms with Crippen molar-refractivity contribution in [3.63, 3.8) is 0 Å². The lowest BCUT2D eigenvalue weighted by Crippen LogP contribution is -2.35. The molecule has 0 atom stereocenters. The molecule has 96 valence electrons. The standard InChI is InChI=1S/C9H18F2N2O2S/c1-13(16(14,15)9(10)11)7-4-8-2-5-12-6-3-8/h8-9,12H,2-7H2,1H3. The second-order valence-electron chi connectivity index (χ2n) is 4.11. The van der Waals surface area contributed by atoms with Crippen molar-refractivity contribution in [1.29, 1.82) is 0 Å². The van der Waals surface area contributed by atoms with Gasteiger partial charge in [-0.1, -0.05) is 0 Å². The van der Waals surface area contributed by atoms with Crippen LogP contribution in [0.3, 0.4) is 0 Å². The van der Waals surface area contributed by atoms with E-state index in [4.69, 9.17) is 0 Å². The summed E-state index contributed by atoms with van der Waals surface area (Å²) in [4.78, 5) is 0. The summed E-state index contributed by atoms with van der Waals surface area (Å²) in [5, 5.41) is 3.20. The Kier molecular flexibility index (Phi) is 5.07. The molecule has 1 fully saturated rings. The highest BCUT2D eigenvalue weighted by Gasteiger charge is 2.29. The van der Waals surface area contributed by atoms with E-state index in [1.54, 1.807) is 0 Å². The summed E-state index contributed by atoms with van der Waals surface area (Å²) < 4.78 is 47.3. The second kappa shape index (κ2) is 5.88. The van der Waals surface area contributed by atoms with Gasteiger partial charge in [0, 0.05) is 13.6 Å². The van der Waals surface area contributed by atoms with Crippen LogP contribution in [0.15, 0.2) is 0 Å². The van der Waals surface area contributed by atoms with Crippen LogP contribution in [0.25, 0.3) is 0 Å². The Hall–Kier alpha value is -0.270. The number of piperidine rings is 1. The van der Waals surface area contributed by atoms with Crippen molar-refractivity contribution in [1.82, 2.24) is 9.62 Å². The summed E-state index contributed by atoms with van der Waals surface area (Å²) in [6.07, 6.45) is 2.63. The Bertz CT molecular complexity index is 303. The van der Waals surface area contributed by atoms with Gasteiger partial charge in [0.05, 0.1) is 0 Å². The Labute approximate surface area is 95.1 Å². The van der Waals surface area contributed by atoms with E-state index >= 15 is 0 Å². The predicted molar refractivity (Wildman–Crippen MR) is 57.8 cm³/mol. The number of alkyl halides is 2. The zero-order chi connectivity index (χ0) is 12.2. The summed E-state index contributed by atoms with van der Waals surface area (Å²) in [7, 11) is -3.18. The van der Waals surface area contributed by atoms with Crippen LogP contribution in [-0.4, -0.2) is 45.2 Å². The first-order valence-electron chi connectivity index (χ1n) is 5.38. The summed E-state index contributed by atoms with van der Waals surface area (Å²) in [6.45, 7) is 2.03. The minimum Gasteiger partial charge on any atom is -0.317 e. The van der Waals surface area contributed by atoms with Crippen LogP contribution in [0.5, 0.6) is 0 Å². The number of hydrogen-bond donors (Lipinski definition) is 1. The molecule has 0 saturated carbocycles. The molecule has 16 heavy (non-hydrogen) atoms. The molecule has 1 saturated heterocycles. The Morgan fingerprint density at radius 1 is 1.38 bits per heavy atom. The molecule has 7 heteroatoms. The summed E-state index contributed by atoms with van der Waals surface area (Å²) in [5.41, 5.74) is 0. The van der Waals surface area contributed by atoms with E-state index < -0.39 is 15.8 Å². The molecule has 0 radical (unpaired) electrons. The molecular weight excluding hydrogens is 238 g/mol. The van der Waals surface area contributed by atoms with Gasteiger partial charge in [0.15, 0.2) is 0 Å². The molecule has 0 bridgehead atoms. The maximum Gasteiger partial charge on any atom is 0.350 e. The van der Waals surface area contributed by atoms with Crippen LogP contribution in [0.1, 0.15) is 19.3 Å². The van der Waals surface area contributed by atoms with E-state index in [0.29, 0.717) is 12.3 Å². The van der Waals surface area contributed by atoms with Crippen LogP contribution in [0, 0.1) is 5.92 Å². The molecule has 0 aliphatic carbocycles. The largest absolute Gasteiger partial charge is 0.350 e. The third-order valence-electron chi connectivity index (χ3n) is 2.97. The minimum atomic E-state index is -4.39. The van der Waals surface area contributed by atoms with E-state index in [1.165, 1.54) is 7.05 Å². The van der Waals surface area contributed by atoms with Gasteiger partial charge in [0.1, 0.15) is 0 Å². The molecule has 1 heterocycles. The van der Waals surface area contributed by atoms with Crippen molar-refractivity contribution < 1.29 is 17.2 Å². The average Bonchev–Trinajstić information content (AvgIpc) is 2.27. The molecule has 1 aliphatic heterocycles. The smallest absolute Gasteiger partial charge is 0.317 e. The Morgan fingerprint density at radius 2 is 1.94 bits per heavy atom. The maximum absolute atomic E-state index is 12.2. The summed E-state index contributed by atoms with van der Waals surface area (Å²) >= 11 is 0. The highest BCUT2D eigenvalue weighted by Crippen LogP contribution is 2.18. The molecule has 1 N–H and O–H groups in total. The molecular formula is C9H18F2N2O2S. The summed E-state index contributed by atoms with van der Waals surface area (Å²) in [5.74, 6) is -2.87. The van der Waals surface area contributed by atoms with Gasteiger partial charge < -0.3 is 5.32 Å². The molecule has 0 amide bonds. The molecule has 1 rings (SSSR count). The number of hydrogen-bond acceptors (Lipinski definition) is 3. The lowest BCUT2D eigenvalue weighted by molar-refractivity contribution is 0.220. The fourth-order valence-corrected chi connectivity index (χ4v) is 2.43. The van der Waals surface area contributed by atoms with E-state index in [9.17, 15) is 17.2 Å². The van der Waals surface area contributed by atoms with E-state index in [2.05, 4.69) is 5.32 Å². The van der Waals surface area contributed by atoms with Crippen LogP contribution in [0.2, 0.25) is 0 Å². The van der Waals surface area contributed by atoms with Gasteiger partial charge in [-0.2, -0.15) is 8.78 Å². The van der Waals surface area contributed by atoms with Gasteiger partial charge in [-0.25, -0.2) is 12.7 Å². The van der Waals surface area contributed by atoms with Crippen molar-refractivity contribution >= 4 is 10.0 Å². The fourth-order valence-electron chi connectivity index (χ4n) is 1.80. The zero-order valence-corrected chi connectivity index (χ0v) is 10.1. The monoisotopic (exact) mass is 256 g/mol. The van der Waals surface area contributed by atoms with Crippen molar-refractivity contribution in [3.8, 4) is 0 Å². The predicted octanol–water partition coefficient (Wildman–Crippen LogP) is 0.860. The van der Waals surface area contributed by atoms with Crippen LogP contribution >= 0.6 is 0 Å². The van der Waals surface area contributed by atoms with Gasteiger partial charge >= 0.3 is 5.76 Å². The number of rotatable bonds is 5. The molecule has 4 nitrogen and oxygen atoms in total. The first kappa shape index (κ1) is 13.8. The third-order valence-corrected chi connectivity index (χ3v) is 4.47. The second-order valence-corrected chi connectivity index (χ2v) is 6.12. The van der Waals surface area contributed by atoms with Gasteiger partial charge in [0.2, 0.25) is 0 Å². The molecule has 0 aromatic heterocycles. The molecule has 0 aromatic rings. The van der Waals surface area contributed by atoms with Crippen molar-refractivity contribution in [2.45, 2.75) is 25.0 Å². The first-order chi connectivity index (χ1) is 7.44. The minimum absolute atomic E-state index is 0.178. The molecule has 1 aliphatic rings. The van der Waals surface area contributed by atoms with Gasteiger partial charge in [0.25, 0.3) is 10.0 Å². The topological polar surface area (TPSA) is 49.4 Å².